The van der Waals surface area contributed by atoms with Crippen LogP contribution in [0.1, 0.15) is 52.7 Å². The summed E-state index contributed by atoms with van der Waals surface area (Å²) < 4.78 is 4.56. The van der Waals surface area contributed by atoms with Gasteiger partial charge in [-0.15, -0.1) is 34.8 Å². The number of nitrogens with zero attached hydrogens (tertiary/aromatic N) is 5. The molecular weight excluding hydrogens is 866 g/mol. The molecule has 5 nitrogen and oxygen atoms in total. The number of hydrogen-bond donors (Lipinski definition) is 0. The molecule has 0 fully saturated rings. The normalized spacial score (nSPS) is 12.3. The number of aromatic nitrogens is 5. The van der Waals surface area contributed by atoms with E-state index in [-0.39, 0.29) is 31.9 Å². The zero-order chi connectivity index (χ0) is 37.6. The fourth-order valence-corrected chi connectivity index (χ4v) is 8.13. The summed E-state index contributed by atoms with van der Waals surface area (Å²) in [5.41, 5.74) is 12.6. The Bertz CT molecular complexity index is 3110. The maximum atomic E-state index is 5.52. The first-order valence-corrected chi connectivity index (χ1v) is 19.0. The maximum Gasteiger partial charge on any atom is 2.00 e. The minimum absolute atomic E-state index is 0. The Kier molecular flexibility index (Phi) is 8.45. The first-order chi connectivity index (χ1) is 26.5. The molecule has 0 spiro atoms. The summed E-state index contributed by atoms with van der Waals surface area (Å²) in [5.74, 6) is 1.75. The molecule has 276 valence electrons. The minimum Gasteiger partial charge on any atom is -0.656 e. The Morgan fingerprint density at radius 3 is 2.09 bits per heavy atom. The average Bonchev–Trinajstić information content (AvgIpc) is 3.87. The Morgan fingerprint density at radius 1 is 0.571 bits per heavy atom. The van der Waals surface area contributed by atoms with Gasteiger partial charge in [-0.05, 0) is 80.0 Å². The van der Waals surface area contributed by atoms with Gasteiger partial charge in [-0.1, -0.05) is 137 Å². The van der Waals surface area contributed by atoms with Gasteiger partial charge in [0.2, 0.25) is 0 Å². The molecule has 0 aliphatic rings. The van der Waals surface area contributed by atoms with Crippen LogP contribution in [0.5, 0.6) is 0 Å². The fourth-order valence-electron chi connectivity index (χ4n) is 8.13. The van der Waals surface area contributed by atoms with Gasteiger partial charge < -0.3 is 9.55 Å². The summed E-state index contributed by atoms with van der Waals surface area (Å²) in [4.78, 5) is 15.6. The van der Waals surface area contributed by atoms with Crippen molar-refractivity contribution in [2.45, 2.75) is 52.4 Å². The van der Waals surface area contributed by atoms with E-state index in [4.69, 9.17) is 15.0 Å². The van der Waals surface area contributed by atoms with E-state index in [1.807, 2.05) is 12.3 Å². The smallest absolute Gasteiger partial charge is 0.656 e. The van der Waals surface area contributed by atoms with E-state index in [1.165, 1.54) is 16.5 Å². The van der Waals surface area contributed by atoms with Crippen LogP contribution in [-0.4, -0.2) is 19.1 Å². The quantitative estimate of drug-likeness (QED) is 0.165. The summed E-state index contributed by atoms with van der Waals surface area (Å²) in [6.45, 7) is 13.6. The molecule has 0 bridgehead atoms. The van der Waals surface area contributed by atoms with E-state index in [9.17, 15) is 0 Å². The van der Waals surface area contributed by atoms with Gasteiger partial charge in [0.1, 0.15) is 11.6 Å². The Balaban J connectivity index is 0.00000410. The predicted molar refractivity (Wildman–Crippen MR) is 229 cm³/mol. The van der Waals surface area contributed by atoms with Crippen molar-refractivity contribution in [3.8, 4) is 34.0 Å². The number of hydrogen-bond acceptors (Lipinski definition) is 2. The van der Waals surface area contributed by atoms with Gasteiger partial charge in [0.25, 0.3) is 0 Å². The van der Waals surface area contributed by atoms with Crippen LogP contribution in [-0.2, 0) is 31.9 Å². The predicted octanol–water partition coefficient (Wildman–Crippen LogP) is 12.5. The van der Waals surface area contributed by atoms with Crippen LogP contribution in [0, 0.1) is 6.07 Å². The van der Waals surface area contributed by atoms with Crippen molar-refractivity contribution in [2.24, 2.45) is 0 Å². The van der Waals surface area contributed by atoms with Crippen molar-refractivity contribution in [1.29, 1.82) is 0 Å². The van der Waals surface area contributed by atoms with Crippen LogP contribution in [0.25, 0.3) is 88.7 Å². The Labute approximate surface area is 341 Å². The molecule has 56 heavy (non-hydrogen) atoms. The molecule has 0 N–H and O–H groups in total. The van der Waals surface area contributed by atoms with Gasteiger partial charge in [-0.2, -0.15) is 0 Å². The van der Waals surface area contributed by atoms with Crippen molar-refractivity contribution in [3.63, 3.8) is 0 Å². The molecular formula is C50H41N5Pt. The SMILES string of the molecule is CC(C)(C)c1ccnc(-n2c3[c-]c(-c4cccc5c4nc(-c4cccc6c4[n-]c4ccccc46)n5-c4ccccc4)ccc3c3cc(C(C)(C)C)ccc32)c1.[Pt+2]. The Hall–Kier alpha value is -5.77. The topological polar surface area (TPSA) is 49.7 Å². The van der Waals surface area contributed by atoms with Crippen LogP contribution < -0.4 is 4.98 Å². The summed E-state index contributed by atoms with van der Waals surface area (Å²) in [6.07, 6.45) is 1.94. The molecule has 4 heterocycles. The third-order valence-electron chi connectivity index (χ3n) is 11.1. The third kappa shape index (κ3) is 5.71. The Morgan fingerprint density at radius 2 is 1.29 bits per heavy atom. The molecule has 0 aliphatic heterocycles. The number of rotatable bonds is 4. The monoisotopic (exact) mass is 906 g/mol. The van der Waals surface area contributed by atoms with Gasteiger partial charge in [0.15, 0.2) is 0 Å². The largest absolute Gasteiger partial charge is 2.00 e. The number of para-hydroxylation sites is 4. The molecule has 0 atom stereocenters. The zero-order valence-corrected chi connectivity index (χ0v) is 34.6. The molecule has 0 saturated heterocycles. The van der Waals surface area contributed by atoms with Crippen molar-refractivity contribution < 1.29 is 21.1 Å². The number of fused-ring (bicyclic) bond motifs is 7. The standard InChI is InChI=1S/C50H41N5.Pt/c1-49(2,3)32-23-25-42-40(29-32)37-24-22-31(28-44(37)55(42)45-30-33(26-27-51-45)50(4,5)6)35-17-13-21-43-47(35)53-48(54(43)34-14-8-7-9-15-34)39-19-12-18-38-36-16-10-11-20-41(36)52-46(38)39;/h7-27,29-30H,1-6H3;/q-2;+2. The number of benzene rings is 6. The van der Waals surface area contributed by atoms with E-state index in [2.05, 4.69) is 184 Å². The molecule has 0 unspecified atom stereocenters. The molecule has 0 amide bonds. The molecule has 6 aromatic carbocycles. The number of pyridine rings is 1. The summed E-state index contributed by atoms with van der Waals surface area (Å²) >= 11 is 0. The van der Waals surface area contributed by atoms with Crippen molar-refractivity contribution in [3.05, 3.63) is 157 Å². The molecule has 10 aromatic rings. The van der Waals surface area contributed by atoms with E-state index < -0.39 is 0 Å². The minimum atomic E-state index is -0.0232. The fraction of sp³-hybridized carbons (Fsp3) is 0.160. The van der Waals surface area contributed by atoms with Crippen LogP contribution in [0.4, 0.5) is 0 Å². The first-order valence-electron chi connectivity index (χ1n) is 19.0. The second-order valence-corrected chi connectivity index (χ2v) is 16.7. The van der Waals surface area contributed by atoms with E-state index in [0.717, 1.165) is 83.3 Å². The zero-order valence-electron chi connectivity index (χ0n) is 32.3. The van der Waals surface area contributed by atoms with Gasteiger partial charge in [-0.25, -0.2) is 9.97 Å². The summed E-state index contributed by atoms with van der Waals surface area (Å²) in [6, 6.07) is 51.4. The van der Waals surface area contributed by atoms with Crippen molar-refractivity contribution in [1.82, 2.24) is 24.1 Å². The molecule has 6 heteroatoms. The van der Waals surface area contributed by atoms with Crippen molar-refractivity contribution >= 4 is 54.6 Å². The van der Waals surface area contributed by atoms with E-state index >= 15 is 0 Å². The molecule has 10 rings (SSSR count). The van der Waals surface area contributed by atoms with Crippen LogP contribution >= 0.6 is 0 Å². The van der Waals surface area contributed by atoms with Gasteiger partial charge >= 0.3 is 21.1 Å². The van der Waals surface area contributed by atoms with Crippen LogP contribution in [0.3, 0.4) is 0 Å². The van der Waals surface area contributed by atoms with Crippen LogP contribution in [0.15, 0.2) is 140 Å². The van der Waals surface area contributed by atoms with Crippen molar-refractivity contribution in [2.75, 3.05) is 0 Å². The average molecular weight is 907 g/mol. The second-order valence-electron chi connectivity index (χ2n) is 16.7. The van der Waals surface area contributed by atoms with E-state index in [0.29, 0.717) is 0 Å². The summed E-state index contributed by atoms with van der Waals surface area (Å²) in [7, 11) is 0. The number of imidazole rings is 1. The first kappa shape index (κ1) is 35.9. The second kappa shape index (κ2) is 13.2. The molecule has 0 saturated carbocycles. The summed E-state index contributed by atoms with van der Waals surface area (Å²) in [5, 5.41) is 4.63. The van der Waals surface area contributed by atoms with Gasteiger partial charge in [0, 0.05) is 23.0 Å². The van der Waals surface area contributed by atoms with Gasteiger partial charge in [0.05, 0.1) is 11.0 Å². The van der Waals surface area contributed by atoms with Crippen LogP contribution in [0.2, 0.25) is 0 Å². The maximum absolute atomic E-state index is 5.52. The molecule has 4 aromatic heterocycles. The molecule has 0 aliphatic carbocycles. The third-order valence-corrected chi connectivity index (χ3v) is 11.1. The van der Waals surface area contributed by atoms with E-state index in [1.54, 1.807) is 0 Å². The molecule has 0 radical (unpaired) electrons. The van der Waals surface area contributed by atoms with Gasteiger partial charge in [-0.3, -0.25) is 4.57 Å².